The van der Waals surface area contributed by atoms with Gasteiger partial charge in [0.25, 0.3) is 5.56 Å². The topological polar surface area (TPSA) is 107 Å². The van der Waals surface area contributed by atoms with Gasteiger partial charge in [-0.15, -0.1) is 11.3 Å². The zero-order valence-electron chi connectivity index (χ0n) is 17.8. The lowest BCUT2D eigenvalue weighted by atomic mass is 10.2. The summed E-state index contributed by atoms with van der Waals surface area (Å²) in [4.78, 5) is 29.7. The second kappa shape index (κ2) is 8.74. The van der Waals surface area contributed by atoms with Crippen LogP contribution in [0.3, 0.4) is 0 Å². The van der Waals surface area contributed by atoms with E-state index in [9.17, 15) is 18.0 Å². The Balaban J connectivity index is 1.51. The number of benzene rings is 1. The van der Waals surface area contributed by atoms with Crippen molar-refractivity contribution < 1.29 is 22.7 Å². The number of fused-ring (bicyclic) bond motifs is 1. The normalized spacial score (nSPS) is 19.8. The van der Waals surface area contributed by atoms with Gasteiger partial charge in [-0.05, 0) is 39.0 Å². The first-order valence-electron chi connectivity index (χ1n) is 10.0. The number of hydrogen-bond acceptors (Lipinski definition) is 8. The summed E-state index contributed by atoms with van der Waals surface area (Å²) < 4.78 is 39.9. The molecule has 0 spiro atoms. The van der Waals surface area contributed by atoms with Gasteiger partial charge >= 0.3 is 5.97 Å². The molecule has 1 saturated heterocycles. The Kier molecular flexibility index (Phi) is 6.17. The molecular formula is C21H23N3O6S2. The van der Waals surface area contributed by atoms with Crippen LogP contribution in [0.5, 0.6) is 0 Å². The number of rotatable bonds is 5. The van der Waals surface area contributed by atoms with E-state index in [1.54, 1.807) is 0 Å². The van der Waals surface area contributed by atoms with Crippen molar-refractivity contribution in [2.45, 2.75) is 44.5 Å². The van der Waals surface area contributed by atoms with Crippen molar-refractivity contribution in [2.24, 2.45) is 0 Å². The highest BCUT2D eigenvalue weighted by Crippen LogP contribution is 2.22. The highest BCUT2D eigenvalue weighted by molar-refractivity contribution is 7.89. The predicted octanol–water partition coefficient (Wildman–Crippen LogP) is 2.22. The quantitative estimate of drug-likeness (QED) is 0.519. The molecule has 0 amide bonds. The van der Waals surface area contributed by atoms with E-state index >= 15 is 0 Å². The van der Waals surface area contributed by atoms with E-state index < -0.39 is 16.0 Å². The Morgan fingerprint density at radius 1 is 1.25 bits per heavy atom. The third-order valence-corrected chi connectivity index (χ3v) is 7.84. The molecule has 2 aromatic heterocycles. The molecule has 1 fully saturated rings. The lowest BCUT2D eigenvalue weighted by molar-refractivity contribution is -0.0440. The minimum atomic E-state index is -3.79. The summed E-state index contributed by atoms with van der Waals surface area (Å²) in [5, 5.41) is 1.82. The number of morpholine rings is 1. The zero-order valence-corrected chi connectivity index (χ0v) is 19.5. The van der Waals surface area contributed by atoms with Crippen LogP contribution >= 0.6 is 11.3 Å². The van der Waals surface area contributed by atoms with Gasteiger partial charge in [0.1, 0.15) is 6.61 Å². The van der Waals surface area contributed by atoms with E-state index in [1.807, 2.05) is 26.2 Å². The molecule has 0 radical (unpaired) electrons. The van der Waals surface area contributed by atoms with Gasteiger partial charge in [0, 0.05) is 30.2 Å². The van der Waals surface area contributed by atoms with Crippen molar-refractivity contribution in [3.05, 3.63) is 63.0 Å². The summed E-state index contributed by atoms with van der Waals surface area (Å²) >= 11 is 1.32. The molecule has 0 bridgehead atoms. The molecule has 2 unspecified atom stereocenters. The van der Waals surface area contributed by atoms with Crippen LogP contribution in [0, 0.1) is 6.92 Å². The molecule has 3 aromatic rings. The lowest BCUT2D eigenvalue weighted by Gasteiger charge is -2.34. The van der Waals surface area contributed by atoms with Gasteiger partial charge < -0.3 is 9.47 Å². The van der Waals surface area contributed by atoms with Gasteiger partial charge in [-0.2, -0.15) is 4.31 Å². The number of esters is 1. The van der Waals surface area contributed by atoms with Crippen molar-refractivity contribution in [1.82, 2.24) is 13.7 Å². The standard InChI is InChI=1S/C21H23N3O6S2/c1-13-12-31-21-22-17(8-19(25)24(13)21)11-29-20(26)16-5-4-6-18(7-16)32(27,28)23-9-14(2)30-15(3)10-23/h4-8,12,14-15H,9-11H2,1-3H3. The monoisotopic (exact) mass is 477 g/mol. The molecule has 2 atom stereocenters. The molecular weight excluding hydrogens is 454 g/mol. The largest absolute Gasteiger partial charge is 0.456 e. The maximum atomic E-state index is 13.1. The van der Waals surface area contributed by atoms with E-state index in [4.69, 9.17) is 9.47 Å². The van der Waals surface area contributed by atoms with Crippen LogP contribution in [-0.4, -0.2) is 53.4 Å². The van der Waals surface area contributed by atoms with Gasteiger partial charge in [-0.3, -0.25) is 9.20 Å². The summed E-state index contributed by atoms with van der Waals surface area (Å²) in [6, 6.07) is 7.06. The molecule has 170 valence electrons. The second-order valence-corrected chi connectivity index (χ2v) is 10.5. The summed E-state index contributed by atoms with van der Waals surface area (Å²) in [5.41, 5.74) is 0.963. The molecule has 9 nitrogen and oxygen atoms in total. The third-order valence-electron chi connectivity index (χ3n) is 5.07. The molecule has 32 heavy (non-hydrogen) atoms. The van der Waals surface area contributed by atoms with Crippen molar-refractivity contribution in [3.8, 4) is 0 Å². The highest BCUT2D eigenvalue weighted by atomic mass is 32.2. The molecule has 0 N–H and O–H groups in total. The smallest absolute Gasteiger partial charge is 0.338 e. The van der Waals surface area contributed by atoms with Crippen LogP contribution in [0.4, 0.5) is 0 Å². The van der Waals surface area contributed by atoms with Crippen molar-refractivity contribution in [2.75, 3.05) is 13.1 Å². The van der Waals surface area contributed by atoms with Gasteiger partial charge in [0.05, 0.1) is 28.4 Å². The fourth-order valence-corrected chi connectivity index (χ4v) is 6.18. The van der Waals surface area contributed by atoms with E-state index in [0.717, 1.165) is 5.69 Å². The van der Waals surface area contributed by atoms with Gasteiger partial charge in [-0.25, -0.2) is 18.2 Å². The Hall–Kier alpha value is -2.60. The number of thiazole rings is 1. The summed E-state index contributed by atoms with van der Waals surface area (Å²) in [6.07, 6.45) is -0.439. The molecule has 0 aliphatic carbocycles. The van der Waals surface area contributed by atoms with Crippen LogP contribution in [0.2, 0.25) is 0 Å². The highest BCUT2D eigenvalue weighted by Gasteiger charge is 2.32. The fourth-order valence-electron chi connectivity index (χ4n) is 3.66. The number of nitrogens with zero attached hydrogens (tertiary/aromatic N) is 3. The van der Waals surface area contributed by atoms with Gasteiger partial charge in [-0.1, -0.05) is 6.07 Å². The molecule has 3 heterocycles. The molecule has 0 saturated carbocycles. The van der Waals surface area contributed by atoms with E-state index in [0.29, 0.717) is 10.7 Å². The van der Waals surface area contributed by atoms with Crippen LogP contribution in [0.1, 0.15) is 35.6 Å². The van der Waals surface area contributed by atoms with Crippen LogP contribution in [0.15, 0.2) is 45.4 Å². The minimum Gasteiger partial charge on any atom is -0.456 e. The van der Waals surface area contributed by atoms with Gasteiger partial charge in [0.15, 0.2) is 4.96 Å². The average molecular weight is 478 g/mol. The Morgan fingerprint density at radius 2 is 1.97 bits per heavy atom. The first-order valence-corrected chi connectivity index (χ1v) is 12.4. The number of carbonyl (C=O) groups is 1. The lowest BCUT2D eigenvalue weighted by Crippen LogP contribution is -2.48. The second-order valence-electron chi connectivity index (χ2n) is 7.76. The first-order chi connectivity index (χ1) is 15.1. The number of hydrogen-bond donors (Lipinski definition) is 0. The average Bonchev–Trinajstić information content (AvgIpc) is 3.12. The van der Waals surface area contributed by atoms with Crippen molar-refractivity contribution >= 4 is 32.3 Å². The van der Waals surface area contributed by atoms with Gasteiger partial charge in [0.2, 0.25) is 10.0 Å². The summed E-state index contributed by atoms with van der Waals surface area (Å²) in [5.74, 6) is -0.699. The number of aryl methyl sites for hydroxylation is 1. The molecule has 1 aromatic carbocycles. The van der Waals surface area contributed by atoms with E-state index in [2.05, 4.69) is 4.98 Å². The molecule has 4 rings (SSSR count). The Bertz CT molecular complexity index is 1320. The molecule has 1 aliphatic heterocycles. The minimum absolute atomic E-state index is 0.0140. The number of aromatic nitrogens is 2. The van der Waals surface area contributed by atoms with E-state index in [1.165, 1.54) is 50.4 Å². The van der Waals surface area contributed by atoms with Crippen molar-refractivity contribution in [1.29, 1.82) is 0 Å². The van der Waals surface area contributed by atoms with Crippen LogP contribution in [0.25, 0.3) is 4.96 Å². The Labute approximate surface area is 189 Å². The van der Waals surface area contributed by atoms with E-state index in [-0.39, 0.29) is 47.9 Å². The van der Waals surface area contributed by atoms with Crippen molar-refractivity contribution in [3.63, 3.8) is 0 Å². The molecule has 11 heteroatoms. The third kappa shape index (κ3) is 4.46. The predicted molar refractivity (Wildman–Crippen MR) is 118 cm³/mol. The fraction of sp³-hybridized carbons (Fsp3) is 0.381. The Morgan fingerprint density at radius 3 is 2.69 bits per heavy atom. The zero-order chi connectivity index (χ0) is 23.0. The van der Waals surface area contributed by atoms with Crippen LogP contribution in [-0.2, 0) is 26.1 Å². The summed E-state index contributed by atoms with van der Waals surface area (Å²) in [7, 11) is -3.79. The maximum Gasteiger partial charge on any atom is 0.338 e. The number of sulfonamides is 1. The number of ether oxygens (including phenoxy) is 2. The number of carbonyl (C=O) groups excluding carboxylic acids is 1. The maximum absolute atomic E-state index is 13.1. The first kappa shape index (κ1) is 22.6. The summed E-state index contributed by atoms with van der Waals surface area (Å²) in [6.45, 7) is 5.74. The molecule has 1 aliphatic rings. The van der Waals surface area contributed by atoms with Crippen LogP contribution < -0.4 is 5.56 Å². The SMILES string of the molecule is Cc1csc2nc(COC(=O)c3cccc(S(=O)(=O)N4CC(C)OC(C)C4)c3)cc(=O)n12.